The summed E-state index contributed by atoms with van der Waals surface area (Å²) in [6.07, 6.45) is 0.727. The Morgan fingerprint density at radius 3 is 2.91 bits per heavy atom. The Morgan fingerprint density at radius 2 is 2.18 bits per heavy atom. The molecule has 1 N–H and O–H groups in total. The monoisotopic (exact) mass is 302 g/mol. The molecule has 0 spiro atoms. The van der Waals surface area contributed by atoms with Gasteiger partial charge >= 0.3 is 5.97 Å². The Morgan fingerprint density at radius 1 is 1.36 bits per heavy atom. The molecular weight excluding hydrogens is 287 g/mol. The van der Waals surface area contributed by atoms with Crippen LogP contribution in [0.15, 0.2) is 30.3 Å². The zero-order chi connectivity index (χ0) is 15.7. The maximum absolute atomic E-state index is 13.8. The van der Waals surface area contributed by atoms with E-state index in [1.807, 2.05) is 4.90 Å². The summed E-state index contributed by atoms with van der Waals surface area (Å²) in [4.78, 5) is 17.1. The first-order chi connectivity index (χ1) is 10.6. The number of pyridine rings is 1. The van der Waals surface area contributed by atoms with Gasteiger partial charge in [-0.3, -0.25) is 0 Å². The van der Waals surface area contributed by atoms with Gasteiger partial charge < -0.3 is 14.7 Å². The Balaban J connectivity index is 1.89. The minimum Gasteiger partial charge on any atom is -0.494 e. The Labute approximate surface area is 127 Å². The molecule has 0 aliphatic carbocycles. The average molecular weight is 302 g/mol. The van der Waals surface area contributed by atoms with Crippen molar-refractivity contribution in [3.63, 3.8) is 0 Å². The van der Waals surface area contributed by atoms with Crippen LogP contribution in [0.4, 0.5) is 10.2 Å². The van der Waals surface area contributed by atoms with Gasteiger partial charge in [0.2, 0.25) is 0 Å². The van der Waals surface area contributed by atoms with Gasteiger partial charge in [-0.25, -0.2) is 14.2 Å². The molecule has 6 heteroatoms. The first kappa shape index (κ1) is 14.3. The fraction of sp³-hybridized carbons (Fsp3) is 0.250. The largest absolute Gasteiger partial charge is 0.494 e. The van der Waals surface area contributed by atoms with Gasteiger partial charge in [0.25, 0.3) is 0 Å². The minimum atomic E-state index is -1.06. The standard InChI is InChI=1S/C16H15FN2O3/c1-22-14-8-10-5-6-19(9-11(10)7-12(14)17)15-4-2-3-13(18-15)16(20)21/h2-4,7-8H,5-6,9H2,1H3,(H,20,21). The van der Waals surface area contributed by atoms with E-state index in [-0.39, 0.29) is 11.4 Å². The highest BCUT2D eigenvalue weighted by atomic mass is 19.1. The second kappa shape index (κ2) is 5.63. The van der Waals surface area contributed by atoms with Crippen LogP contribution in [0.3, 0.4) is 0 Å². The first-order valence-electron chi connectivity index (χ1n) is 6.89. The summed E-state index contributed by atoms with van der Waals surface area (Å²) in [6.45, 7) is 1.18. The number of halogens is 1. The van der Waals surface area contributed by atoms with Crippen molar-refractivity contribution in [2.24, 2.45) is 0 Å². The first-order valence-corrected chi connectivity index (χ1v) is 6.89. The molecule has 0 amide bonds. The molecule has 1 aliphatic rings. The number of carboxylic acids is 1. The van der Waals surface area contributed by atoms with Crippen LogP contribution in [0.1, 0.15) is 21.6 Å². The zero-order valence-electron chi connectivity index (χ0n) is 12.0. The number of anilines is 1. The molecule has 0 radical (unpaired) electrons. The maximum Gasteiger partial charge on any atom is 0.354 e. The van der Waals surface area contributed by atoms with Gasteiger partial charge in [-0.05, 0) is 41.8 Å². The van der Waals surface area contributed by atoms with Crippen LogP contribution >= 0.6 is 0 Å². The second-order valence-electron chi connectivity index (χ2n) is 5.11. The van der Waals surface area contributed by atoms with Crippen LogP contribution < -0.4 is 9.64 Å². The number of nitrogens with zero attached hydrogens (tertiary/aromatic N) is 2. The van der Waals surface area contributed by atoms with E-state index >= 15 is 0 Å². The number of hydrogen-bond donors (Lipinski definition) is 1. The number of fused-ring (bicyclic) bond motifs is 1. The predicted octanol–water partition coefficient (Wildman–Crippen LogP) is 2.49. The van der Waals surface area contributed by atoms with Gasteiger partial charge in [-0.15, -0.1) is 0 Å². The fourth-order valence-electron chi connectivity index (χ4n) is 2.63. The van der Waals surface area contributed by atoms with Gasteiger partial charge in [0.15, 0.2) is 17.3 Å². The van der Waals surface area contributed by atoms with Crippen molar-refractivity contribution in [2.75, 3.05) is 18.6 Å². The molecule has 0 saturated heterocycles. The third kappa shape index (κ3) is 2.59. The number of carbonyl (C=O) groups is 1. The zero-order valence-corrected chi connectivity index (χ0v) is 12.0. The van der Waals surface area contributed by atoms with E-state index in [1.165, 1.54) is 19.2 Å². The Hall–Kier alpha value is -2.63. The molecule has 1 aromatic heterocycles. The summed E-state index contributed by atoms with van der Waals surface area (Å²) in [5.41, 5.74) is 1.92. The van der Waals surface area contributed by atoms with E-state index < -0.39 is 11.8 Å². The van der Waals surface area contributed by atoms with Crippen LogP contribution in [0.2, 0.25) is 0 Å². The van der Waals surface area contributed by atoms with Gasteiger partial charge in [-0.2, -0.15) is 0 Å². The van der Waals surface area contributed by atoms with E-state index in [0.29, 0.717) is 18.9 Å². The molecule has 2 heterocycles. The molecule has 1 aromatic carbocycles. The highest BCUT2D eigenvalue weighted by molar-refractivity contribution is 5.85. The van der Waals surface area contributed by atoms with E-state index in [9.17, 15) is 9.18 Å². The smallest absolute Gasteiger partial charge is 0.354 e. The molecule has 1 aliphatic heterocycles. The molecule has 5 nitrogen and oxygen atoms in total. The van der Waals surface area contributed by atoms with E-state index in [2.05, 4.69) is 4.98 Å². The predicted molar refractivity (Wildman–Crippen MR) is 78.9 cm³/mol. The molecule has 22 heavy (non-hydrogen) atoms. The number of carboxylic acid groups (broad SMARTS) is 1. The maximum atomic E-state index is 13.8. The Kier molecular flexibility index (Phi) is 3.66. The van der Waals surface area contributed by atoms with Crippen molar-refractivity contribution in [1.82, 2.24) is 4.98 Å². The third-order valence-electron chi connectivity index (χ3n) is 3.76. The number of aromatic carboxylic acids is 1. The van der Waals surface area contributed by atoms with Crippen molar-refractivity contribution >= 4 is 11.8 Å². The molecule has 2 aromatic rings. The number of benzene rings is 1. The lowest BCUT2D eigenvalue weighted by molar-refractivity contribution is 0.0690. The van der Waals surface area contributed by atoms with Crippen molar-refractivity contribution in [3.8, 4) is 5.75 Å². The van der Waals surface area contributed by atoms with Crippen molar-refractivity contribution in [2.45, 2.75) is 13.0 Å². The quantitative estimate of drug-likeness (QED) is 0.944. The molecular formula is C16H15FN2O3. The van der Waals surface area contributed by atoms with Crippen molar-refractivity contribution < 1.29 is 19.0 Å². The summed E-state index contributed by atoms with van der Waals surface area (Å²) in [5, 5.41) is 9.01. The average Bonchev–Trinajstić information content (AvgIpc) is 2.53. The number of methoxy groups -OCH3 is 1. The van der Waals surface area contributed by atoms with Gasteiger partial charge in [-0.1, -0.05) is 6.07 Å². The molecule has 0 atom stereocenters. The SMILES string of the molecule is COc1cc2c(cc1F)CN(c1cccc(C(=O)O)n1)CC2. The summed E-state index contributed by atoms with van der Waals surface area (Å²) in [6, 6.07) is 8.08. The lowest BCUT2D eigenvalue weighted by atomic mass is 9.99. The van der Waals surface area contributed by atoms with Gasteiger partial charge in [0.05, 0.1) is 7.11 Å². The topological polar surface area (TPSA) is 62.7 Å². The number of ether oxygens (including phenoxy) is 1. The summed E-state index contributed by atoms with van der Waals surface area (Å²) in [5.74, 6) is -0.620. The lowest BCUT2D eigenvalue weighted by Crippen LogP contribution is -2.31. The molecule has 3 rings (SSSR count). The molecule has 0 bridgehead atoms. The van der Waals surface area contributed by atoms with Crippen molar-refractivity contribution in [3.05, 3.63) is 53.0 Å². The van der Waals surface area contributed by atoms with E-state index in [1.54, 1.807) is 18.2 Å². The number of aromatic nitrogens is 1. The fourth-order valence-corrected chi connectivity index (χ4v) is 2.63. The second-order valence-corrected chi connectivity index (χ2v) is 5.11. The molecule has 0 saturated carbocycles. The minimum absolute atomic E-state index is 0.00390. The highest BCUT2D eigenvalue weighted by Gasteiger charge is 2.20. The van der Waals surface area contributed by atoms with E-state index in [4.69, 9.17) is 9.84 Å². The Bertz CT molecular complexity index is 733. The van der Waals surface area contributed by atoms with Crippen LogP contribution in [0.5, 0.6) is 5.75 Å². The van der Waals surface area contributed by atoms with Gasteiger partial charge in [0, 0.05) is 13.1 Å². The normalized spacial score (nSPS) is 13.6. The van der Waals surface area contributed by atoms with Crippen LogP contribution in [-0.2, 0) is 13.0 Å². The van der Waals surface area contributed by atoms with Crippen LogP contribution in [0.25, 0.3) is 0 Å². The summed E-state index contributed by atoms with van der Waals surface area (Å²) >= 11 is 0. The number of rotatable bonds is 3. The third-order valence-corrected chi connectivity index (χ3v) is 3.76. The van der Waals surface area contributed by atoms with Crippen molar-refractivity contribution in [1.29, 1.82) is 0 Å². The van der Waals surface area contributed by atoms with Crippen LogP contribution in [0, 0.1) is 5.82 Å². The molecule has 114 valence electrons. The highest BCUT2D eigenvalue weighted by Crippen LogP contribution is 2.28. The van der Waals surface area contributed by atoms with Gasteiger partial charge in [0.1, 0.15) is 5.82 Å². The summed E-state index contributed by atoms with van der Waals surface area (Å²) < 4.78 is 18.8. The number of hydrogen-bond acceptors (Lipinski definition) is 4. The van der Waals surface area contributed by atoms with E-state index in [0.717, 1.165) is 17.5 Å². The summed E-state index contributed by atoms with van der Waals surface area (Å²) in [7, 11) is 1.45. The lowest BCUT2D eigenvalue weighted by Gasteiger charge is -2.30. The molecule has 0 fully saturated rings. The van der Waals surface area contributed by atoms with Crippen LogP contribution in [-0.4, -0.2) is 29.7 Å². The molecule has 0 unspecified atom stereocenters.